The van der Waals surface area contributed by atoms with Gasteiger partial charge in [-0.2, -0.15) is 5.10 Å². The summed E-state index contributed by atoms with van der Waals surface area (Å²) in [5, 5.41) is 8.46. The van der Waals surface area contributed by atoms with Gasteiger partial charge in [-0.15, -0.1) is 0 Å². The number of nitrogens with one attached hydrogen (secondary N) is 1. The van der Waals surface area contributed by atoms with Crippen LogP contribution in [0.1, 0.15) is 61.3 Å². The first-order chi connectivity index (χ1) is 20.1. The van der Waals surface area contributed by atoms with Gasteiger partial charge in [-0.05, 0) is 96.7 Å². The molecule has 1 N–H and O–H groups in total. The number of H-pyrrole nitrogens is 1. The molecule has 1 aliphatic rings. The van der Waals surface area contributed by atoms with Gasteiger partial charge in [0.05, 0.1) is 11.7 Å². The first kappa shape index (κ1) is 28.7. The second kappa shape index (κ2) is 14.2. The number of aromatic amines is 1. The predicted octanol–water partition coefficient (Wildman–Crippen LogP) is 7.27. The van der Waals surface area contributed by atoms with Gasteiger partial charge in [0.25, 0.3) is 0 Å². The van der Waals surface area contributed by atoms with Crippen molar-refractivity contribution in [3.63, 3.8) is 0 Å². The van der Waals surface area contributed by atoms with E-state index in [2.05, 4.69) is 126 Å². The Hall–Kier alpha value is -3.83. The number of hydrogen-bond acceptors (Lipinski definition) is 3. The van der Waals surface area contributed by atoms with Crippen LogP contribution in [0.15, 0.2) is 103 Å². The molecule has 1 aromatic heterocycles. The lowest BCUT2D eigenvalue weighted by Crippen LogP contribution is -2.28. The third-order valence-electron chi connectivity index (χ3n) is 8.24. The predicted molar refractivity (Wildman–Crippen MR) is 177 cm³/mol. The smallest absolute Gasteiger partial charge is 0.185 e. The Kier molecular flexibility index (Phi) is 9.93. The molecule has 0 unspecified atom stereocenters. The Bertz CT molecular complexity index is 1480. The Morgan fingerprint density at radius 1 is 0.976 bits per heavy atom. The summed E-state index contributed by atoms with van der Waals surface area (Å²) >= 11 is 0. The zero-order valence-corrected chi connectivity index (χ0v) is 24.8. The maximum Gasteiger partial charge on any atom is 0.185 e. The van der Waals surface area contributed by atoms with E-state index in [1.54, 1.807) is 0 Å². The van der Waals surface area contributed by atoms with E-state index >= 15 is 0 Å². The number of hydrogen-bond donors (Lipinski definition) is 1. The van der Waals surface area contributed by atoms with Gasteiger partial charge in [0.1, 0.15) is 0 Å². The molecule has 0 radical (unpaired) electrons. The lowest BCUT2D eigenvalue weighted by molar-refractivity contribution is 0.294. The van der Waals surface area contributed by atoms with Gasteiger partial charge in [-0.1, -0.05) is 80.2 Å². The number of nitrogens with zero attached hydrogens (tertiary/aromatic N) is 3. The summed E-state index contributed by atoms with van der Waals surface area (Å²) in [6.07, 6.45) is 13.5. The number of benzene rings is 3. The molecule has 5 heteroatoms. The van der Waals surface area contributed by atoms with Crippen molar-refractivity contribution in [3.8, 4) is 0 Å². The molecule has 0 amide bonds. The van der Waals surface area contributed by atoms with Crippen LogP contribution >= 0.6 is 0 Å². The Morgan fingerprint density at radius 3 is 2.49 bits per heavy atom. The number of aromatic nitrogens is 2. The van der Waals surface area contributed by atoms with Gasteiger partial charge < -0.3 is 9.71 Å². The molecule has 0 spiro atoms. The van der Waals surface area contributed by atoms with Crippen LogP contribution in [0.3, 0.4) is 0 Å². The van der Waals surface area contributed by atoms with Gasteiger partial charge >= 0.3 is 0 Å². The molecule has 1 saturated heterocycles. The lowest BCUT2D eigenvalue weighted by atomic mass is 9.87. The van der Waals surface area contributed by atoms with Crippen molar-refractivity contribution in [2.75, 3.05) is 26.2 Å². The van der Waals surface area contributed by atoms with Crippen LogP contribution in [0.2, 0.25) is 0 Å². The summed E-state index contributed by atoms with van der Waals surface area (Å²) in [5.41, 5.74) is 10.0. The van der Waals surface area contributed by atoms with Gasteiger partial charge in [-0.3, -0.25) is 5.10 Å². The highest BCUT2D eigenvalue weighted by Crippen LogP contribution is 2.35. The monoisotopic (exact) mass is 542 g/mol. The highest BCUT2D eigenvalue weighted by molar-refractivity contribution is 6.04. The Balaban J connectivity index is 1.25. The quantitative estimate of drug-likeness (QED) is 0.116. The molecule has 2 heterocycles. The van der Waals surface area contributed by atoms with Crippen LogP contribution in [0.4, 0.5) is 0 Å². The molecule has 41 heavy (non-hydrogen) atoms. The molecule has 5 rings (SSSR count). The van der Waals surface area contributed by atoms with E-state index in [-0.39, 0.29) is 0 Å². The van der Waals surface area contributed by atoms with E-state index < -0.39 is 0 Å². The Labute approximate surface area is 246 Å². The van der Waals surface area contributed by atoms with Gasteiger partial charge in [0, 0.05) is 30.7 Å². The van der Waals surface area contributed by atoms with Crippen molar-refractivity contribution in [2.45, 2.75) is 45.4 Å². The molecular weight excluding hydrogens is 499 g/mol. The highest BCUT2D eigenvalue weighted by atomic mass is 15.1. The Morgan fingerprint density at radius 2 is 1.73 bits per heavy atom. The molecular formula is C36H43BN4. The largest absolute Gasteiger partial charge is 0.372 e. The van der Waals surface area contributed by atoms with E-state index in [4.69, 9.17) is 0 Å². The summed E-state index contributed by atoms with van der Waals surface area (Å²) in [7, 11) is 2.21. The van der Waals surface area contributed by atoms with E-state index in [0.29, 0.717) is 0 Å². The third-order valence-corrected chi connectivity index (χ3v) is 8.24. The minimum Gasteiger partial charge on any atom is -0.372 e. The number of fused-ring (bicyclic) bond motifs is 1. The first-order valence-corrected chi connectivity index (χ1v) is 15.2. The molecule has 1 aliphatic heterocycles. The molecule has 0 aliphatic carbocycles. The number of aryl methyl sites for hydroxylation is 1. The summed E-state index contributed by atoms with van der Waals surface area (Å²) in [6, 6.07) is 26.6. The number of rotatable bonds is 12. The SMILES string of the molecule is BN(C/C=C/C(=C)N1CCCCC1)CCCc1ccc(/C(=C(/CC)c2ccccc2)c2ccc3[nH]ncc3c2)cc1. The summed E-state index contributed by atoms with van der Waals surface area (Å²) < 4.78 is 0. The van der Waals surface area contributed by atoms with E-state index in [1.165, 1.54) is 52.7 Å². The zero-order valence-electron chi connectivity index (χ0n) is 24.8. The molecule has 0 saturated carbocycles. The summed E-state index contributed by atoms with van der Waals surface area (Å²) in [6.45, 7) is 10.9. The van der Waals surface area contributed by atoms with E-state index in [0.717, 1.165) is 62.0 Å². The van der Waals surface area contributed by atoms with Crippen molar-refractivity contribution in [1.82, 2.24) is 19.9 Å². The van der Waals surface area contributed by atoms with E-state index in [9.17, 15) is 0 Å². The van der Waals surface area contributed by atoms with Crippen molar-refractivity contribution in [1.29, 1.82) is 0 Å². The topological polar surface area (TPSA) is 35.2 Å². The fraction of sp³-hybridized carbons (Fsp3) is 0.306. The maximum absolute atomic E-state index is 4.27. The van der Waals surface area contributed by atoms with E-state index in [1.807, 2.05) is 6.20 Å². The molecule has 210 valence electrons. The average Bonchev–Trinajstić information content (AvgIpc) is 3.49. The van der Waals surface area contributed by atoms with Crippen molar-refractivity contribution < 1.29 is 0 Å². The first-order valence-electron chi connectivity index (χ1n) is 15.2. The molecule has 4 aromatic rings. The van der Waals surface area contributed by atoms with Crippen LogP contribution in [-0.4, -0.2) is 54.1 Å². The number of allylic oxidation sites excluding steroid dienone is 2. The van der Waals surface area contributed by atoms with Crippen LogP contribution in [0, 0.1) is 0 Å². The fourth-order valence-corrected chi connectivity index (χ4v) is 5.92. The second-order valence-corrected chi connectivity index (χ2v) is 11.2. The van der Waals surface area contributed by atoms with Gasteiger partial charge in [0.2, 0.25) is 0 Å². The lowest BCUT2D eigenvalue weighted by Gasteiger charge is -2.29. The normalized spacial score (nSPS) is 14.6. The molecule has 4 nitrogen and oxygen atoms in total. The van der Waals surface area contributed by atoms with Crippen molar-refractivity contribution in [2.24, 2.45) is 0 Å². The van der Waals surface area contributed by atoms with Crippen LogP contribution in [0.25, 0.3) is 22.0 Å². The maximum atomic E-state index is 4.27. The van der Waals surface area contributed by atoms with Gasteiger partial charge in [0.15, 0.2) is 7.98 Å². The fourth-order valence-electron chi connectivity index (χ4n) is 5.92. The highest BCUT2D eigenvalue weighted by Gasteiger charge is 2.14. The van der Waals surface area contributed by atoms with Crippen LogP contribution < -0.4 is 0 Å². The number of likely N-dealkylation sites (tertiary alicyclic amines) is 1. The molecule has 0 bridgehead atoms. The van der Waals surface area contributed by atoms with Crippen LogP contribution in [0.5, 0.6) is 0 Å². The second-order valence-electron chi connectivity index (χ2n) is 11.2. The summed E-state index contributed by atoms with van der Waals surface area (Å²) in [4.78, 5) is 4.82. The third kappa shape index (κ3) is 7.48. The van der Waals surface area contributed by atoms with Crippen LogP contribution in [-0.2, 0) is 6.42 Å². The standard InChI is InChI=1S/C36H43BN4/c1-3-34(30-14-6-4-7-15-30)36(32-20-21-35-33(26-32)27-38-39-35)31-18-16-29(17-19-31)13-11-25-41(37)24-10-12-28(2)40-22-8-5-9-23-40/h4,6-7,10,12,14-21,26-27H,2-3,5,8-9,11,13,22-25,37H2,1H3,(H,38,39)/b12-10+,36-34+. The molecule has 0 atom stereocenters. The minimum atomic E-state index is 0.955. The zero-order chi connectivity index (χ0) is 28.4. The average molecular weight is 543 g/mol. The minimum absolute atomic E-state index is 0.955. The molecule has 3 aromatic carbocycles. The number of piperidine rings is 1. The van der Waals surface area contributed by atoms with Gasteiger partial charge in [-0.25, -0.2) is 0 Å². The molecule has 1 fully saturated rings. The van der Waals surface area contributed by atoms with Crippen molar-refractivity contribution in [3.05, 3.63) is 126 Å². The summed E-state index contributed by atoms with van der Waals surface area (Å²) in [5.74, 6) is 0. The van der Waals surface area contributed by atoms with Crippen molar-refractivity contribution >= 4 is 30.0 Å².